The Hall–Kier alpha value is -3.54. The van der Waals surface area contributed by atoms with E-state index in [1.165, 1.54) is 6.20 Å². The van der Waals surface area contributed by atoms with Crippen LogP contribution in [0.2, 0.25) is 0 Å². The number of carbonyl (C=O) groups is 1. The molecule has 0 spiro atoms. The monoisotopic (exact) mass is 459 g/mol. The van der Waals surface area contributed by atoms with Crippen LogP contribution in [0.15, 0.2) is 48.4 Å². The average molecular weight is 460 g/mol. The minimum Gasteiger partial charge on any atom is -0.386 e. The lowest BCUT2D eigenvalue weighted by Crippen LogP contribution is -2.60. The summed E-state index contributed by atoms with van der Waals surface area (Å²) in [6, 6.07) is 7.24. The summed E-state index contributed by atoms with van der Waals surface area (Å²) in [6.45, 7) is 7.98. The lowest BCUT2D eigenvalue weighted by atomic mass is 9.87. The molecule has 0 aromatic carbocycles. The van der Waals surface area contributed by atoms with Gasteiger partial charge in [0.1, 0.15) is 17.5 Å². The number of nitrogens with one attached hydrogen (secondary N) is 1. The van der Waals surface area contributed by atoms with E-state index in [9.17, 15) is 20.3 Å². The molecule has 1 amide bonds. The van der Waals surface area contributed by atoms with Crippen LogP contribution >= 0.6 is 0 Å². The average Bonchev–Trinajstić information content (AvgIpc) is 2.77. The second-order valence-corrected chi connectivity index (χ2v) is 9.90. The fourth-order valence-corrected chi connectivity index (χ4v) is 4.24. The number of amides is 1. The van der Waals surface area contributed by atoms with Crippen molar-refractivity contribution in [2.24, 2.45) is 5.92 Å². The van der Waals surface area contributed by atoms with Gasteiger partial charge in [0, 0.05) is 36.7 Å². The van der Waals surface area contributed by atoms with Gasteiger partial charge in [0.05, 0.1) is 16.9 Å². The number of hydrogen-bond acceptors (Lipinski definition) is 7. The molecule has 1 atom stereocenters. The molecule has 2 aliphatic rings. The molecule has 34 heavy (non-hydrogen) atoms. The molecular weight excluding hydrogens is 430 g/mol. The molecule has 1 aliphatic heterocycles. The first-order valence-electron chi connectivity index (χ1n) is 11.3. The molecule has 4 rings (SSSR count). The second-order valence-electron chi connectivity index (χ2n) is 9.90. The van der Waals surface area contributed by atoms with Gasteiger partial charge in [-0.05, 0) is 68.5 Å². The third-order valence-corrected chi connectivity index (χ3v) is 6.12. The van der Waals surface area contributed by atoms with Crippen LogP contribution in [-0.2, 0) is 5.60 Å². The highest BCUT2D eigenvalue weighted by molar-refractivity contribution is 5.96. The van der Waals surface area contributed by atoms with Gasteiger partial charge in [-0.25, -0.2) is 4.98 Å². The number of nitriles is 1. The van der Waals surface area contributed by atoms with Crippen molar-refractivity contribution in [1.82, 2.24) is 15.3 Å². The highest BCUT2D eigenvalue weighted by atomic mass is 16.3. The first-order valence-corrected chi connectivity index (χ1v) is 11.3. The van der Waals surface area contributed by atoms with Gasteiger partial charge >= 0.3 is 0 Å². The molecule has 1 unspecified atom stereocenters. The molecule has 0 radical (unpaired) electrons. The third kappa shape index (κ3) is 4.86. The lowest BCUT2D eigenvalue weighted by Gasteiger charge is -2.45. The van der Waals surface area contributed by atoms with Gasteiger partial charge in [-0.1, -0.05) is 13.0 Å². The van der Waals surface area contributed by atoms with E-state index < -0.39 is 11.2 Å². The predicted octanol–water partition coefficient (Wildman–Crippen LogP) is 2.88. The van der Waals surface area contributed by atoms with E-state index in [0.29, 0.717) is 41.4 Å². The van der Waals surface area contributed by atoms with Gasteiger partial charge in [0.15, 0.2) is 0 Å². The Morgan fingerprint density at radius 1 is 1.32 bits per heavy atom. The smallest absolute Gasteiger partial charge is 0.255 e. The van der Waals surface area contributed by atoms with Crippen molar-refractivity contribution in [3.8, 4) is 6.07 Å². The zero-order valence-electron chi connectivity index (χ0n) is 19.8. The van der Waals surface area contributed by atoms with Crippen molar-refractivity contribution >= 4 is 17.3 Å². The van der Waals surface area contributed by atoms with E-state index in [2.05, 4.69) is 28.3 Å². The number of hydrogen-bond donors (Lipinski definition) is 3. The molecule has 3 heterocycles. The van der Waals surface area contributed by atoms with Crippen molar-refractivity contribution < 1.29 is 15.0 Å². The van der Waals surface area contributed by atoms with Gasteiger partial charge in [-0.2, -0.15) is 5.26 Å². The number of β-amino-alcohol motifs (C(OH)–C–C–N with tert-alkyl or cyclic N) is 1. The Morgan fingerprint density at radius 2 is 2.06 bits per heavy atom. The molecule has 2 aromatic rings. The highest BCUT2D eigenvalue weighted by Gasteiger charge is 2.38. The molecule has 0 saturated carbocycles. The summed E-state index contributed by atoms with van der Waals surface area (Å²) in [7, 11) is 0. The van der Waals surface area contributed by atoms with Crippen LogP contribution in [-0.4, -0.2) is 44.8 Å². The van der Waals surface area contributed by atoms with Crippen molar-refractivity contribution in [3.05, 3.63) is 70.8 Å². The van der Waals surface area contributed by atoms with Crippen LogP contribution in [0.5, 0.6) is 0 Å². The summed E-state index contributed by atoms with van der Waals surface area (Å²) in [5, 5.41) is 32.8. The largest absolute Gasteiger partial charge is 0.386 e. The summed E-state index contributed by atoms with van der Waals surface area (Å²) in [6.07, 6.45) is 7.87. The Labute approximate surface area is 199 Å². The van der Waals surface area contributed by atoms with E-state index in [1.54, 1.807) is 39.1 Å². The maximum Gasteiger partial charge on any atom is 0.255 e. The van der Waals surface area contributed by atoms with Crippen LogP contribution in [0.25, 0.3) is 5.57 Å². The van der Waals surface area contributed by atoms with E-state index in [4.69, 9.17) is 0 Å². The number of pyridine rings is 2. The Bertz CT molecular complexity index is 1230. The number of aromatic nitrogens is 2. The minimum absolute atomic E-state index is 0.187. The van der Waals surface area contributed by atoms with E-state index in [0.717, 1.165) is 17.6 Å². The topological polar surface area (TPSA) is 122 Å². The van der Waals surface area contributed by atoms with Gasteiger partial charge in [-0.15, -0.1) is 0 Å². The molecule has 1 fully saturated rings. The van der Waals surface area contributed by atoms with Crippen LogP contribution in [0, 0.1) is 17.2 Å². The summed E-state index contributed by atoms with van der Waals surface area (Å²) < 4.78 is 0. The summed E-state index contributed by atoms with van der Waals surface area (Å²) in [5.41, 5.74) is 1.86. The number of carbonyl (C=O) groups excluding carboxylic acids is 1. The quantitative estimate of drug-likeness (QED) is 0.628. The van der Waals surface area contributed by atoms with Crippen molar-refractivity contribution in [2.75, 3.05) is 18.0 Å². The van der Waals surface area contributed by atoms with Gasteiger partial charge in [-0.3, -0.25) is 9.78 Å². The number of rotatable bonds is 5. The molecule has 3 N–H and O–H groups in total. The standard InChI is InChI=1S/C26H29N5O3/c1-16-5-6-20(30-24(32)17-7-8-28-22(10-17)25(2,3)33)11-21(16)19-9-18(12-27)23(29-13-19)31-14-26(4,34)15-31/h6-11,13,16,33-34H,5,14-15H2,1-4H3,(H,30,32). The van der Waals surface area contributed by atoms with E-state index in [-0.39, 0.29) is 11.8 Å². The van der Waals surface area contributed by atoms with Crippen molar-refractivity contribution in [3.63, 3.8) is 0 Å². The van der Waals surface area contributed by atoms with Gasteiger partial charge in [0.2, 0.25) is 0 Å². The van der Waals surface area contributed by atoms with Gasteiger partial charge < -0.3 is 20.4 Å². The Balaban J connectivity index is 1.55. The molecule has 2 aromatic heterocycles. The number of aliphatic hydroxyl groups is 2. The molecule has 8 nitrogen and oxygen atoms in total. The SMILES string of the molecule is CC1CC=C(NC(=O)c2ccnc(C(C)(C)O)c2)C=C1c1cnc(N2CC(C)(O)C2)c(C#N)c1. The fourth-order valence-electron chi connectivity index (χ4n) is 4.24. The first-order chi connectivity index (χ1) is 16.0. The second kappa shape index (κ2) is 8.67. The number of nitrogens with zero attached hydrogens (tertiary/aromatic N) is 4. The predicted molar refractivity (Wildman–Crippen MR) is 129 cm³/mol. The third-order valence-electron chi connectivity index (χ3n) is 6.12. The Kier molecular flexibility index (Phi) is 6.02. The maximum absolute atomic E-state index is 12.9. The highest BCUT2D eigenvalue weighted by Crippen LogP contribution is 2.34. The van der Waals surface area contributed by atoms with Crippen molar-refractivity contribution in [1.29, 1.82) is 5.26 Å². The zero-order chi connectivity index (χ0) is 24.7. The van der Waals surface area contributed by atoms with E-state index >= 15 is 0 Å². The van der Waals surface area contributed by atoms with Crippen LogP contribution < -0.4 is 10.2 Å². The normalized spacial score (nSPS) is 19.4. The minimum atomic E-state index is -1.15. The molecule has 176 valence electrons. The molecule has 8 heteroatoms. The van der Waals surface area contributed by atoms with E-state index in [1.807, 2.05) is 23.1 Å². The zero-order valence-corrected chi connectivity index (χ0v) is 19.8. The Morgan fingerprint density at radius 3 is 2.71 bits per heavy atom. The van der Waals surface area contributed by atoms with Crippen LogP contribution in [0.1, 0.15) is 61.3 Å². The molecule has 1 saturated heterocycles. The lowest BCUT2D eigenvalue weighted by molar-refractivity contribution is 0.0305. The number of allylic oxidation sites excluding steroid dienone is 3. The summed E-state index contributed by atoms with van der Waals surface area (Å²) >= 11 is 0. The van der Waals surface area contributed by atoms with Crippen LogP contribution in [0.4, 0.5) is 5.82 Å². The molecular formula is C26H29N5O3. The summed E-state index contributed by atoms with van der Waals surface area (Å²) in [5.74, 6) is 0.471. The first kappa shape index (κ1) is 23.6. The fraction of sp³-hybridized carbons (Fsp3) is 0.385. The number of anilines is 1. The van der Waals surface area contributed by atoms with Gasteiger partial charge in [0.25, 0.3) is 5.91 Å². The van der Waals surface area contributed by atoms with Crippen LogP contribution in [0.3, 0.4) is 0 Å². The molecule has 1 aliphatic carbocycles. The summed E-state index contributed by atoms with van der Waals surface area (Å²) in [4.78, 5) is 23.4. The molecule has 0 bridgehead atoms. The maximum atomic E-state index is 12.9. The van der Waals surface area contributed by atoms with Crippen molar-refractivity contribution in [2.45, 2.75) is 45.3 Å².